The van der Waals surface area contributed by atoms with Crippen LogP contribution in [0.15, 0.2) is 71.6 Å². The summed E-state index contributed by atoms with van der Waals surface area (Å²) in [7, 11) is -2.32. The van der Waals surface area contributed by atoms with Crippen LogP contribution in [-0.2, 0) is 24.3 Å². The summed E-state index contributed by atoms with van der Waals surface area (Å²) in [4.78, 5) is 26.9. The van der Waals surface area contributed by atoms with Crippen molar-refractivity contribution < 1.29 is 36.6 Å². The first-order valence-electron chi connectivity index (χ1n) is 13.1. The van der Waals surface area contributed by atoms with Gasteiger partial charge in [-0.2, -0.15) is 0 Å². The zero-order chi connectivity index (χ0) is 29.0. The summed E-state index contributed by atoms with van der Waals surface area (Å²) in [5.41, 5.74) is 1.64. The molecule has 2 fully saturated rings. The number of benzene rings is 3. The average Bonchev–Trinajstić information content (AvgIpc) is 3.59. The second-order valence-electron chi connectivity index (χ2n) is 9.87. The van der Waals surface area contributed by atoms with Crippen molar-refractivity contribution in [3.05, 3.63) is 78.1 Å². The number of sulfonamides is 1. The normalized spacial score (nSPS) is 18.8. The summed E-state index contributed by atoms with van der Waals surface area (Å²) in [6.45, 7) is 1.44. The number of likely N-dealkylation sites (tertiary alicyclic amines) is 1. The van der Waals surface area contributed by atoms with E-state index in [2.05, 4.69) is 10.0 Å². The van der Waals surface area contributed by atoms with Gasteiger partial charge in [-0.1, -0.05) is 6.07 Å². The smallest absolute Gasteiger partial charge is 0.261 e. The maximum atomic E-state index is 13.1. The lowest BCUT2D eigenvalue weighted by Crippen LogP contribution is -2.34. The molecule has 0 aromatic heterocycles. The molecule has 0 saturated carbocycles. The standard InChI is InChI=1S/C29H30FN3O7S/c1-38-26-11-2-19(14-27(26)40-24-12-13-39-18-24)20-15-29(35)33(16-20)17-28(34)31-22-5-7-23(8-6-22)32-41(36,37)25-9-3-21(30)4-10-25/h2-11,14,20,24,32H,12-13,15-18H2,1H3,(H,31,34)/t20-,24-/m1/s1. The van der Waals surface area contributed by atoms with Crippen molar-refractivity contribution in [3.8, 4) is 11.5 Å². The molecule has 41 heavy (non-hydrogen) atoms. The molecule has 12 heteroatoms. The molecule has 2 heterocycles. The highest BCUT2D eigenvalue weighted by Crippen LogP contribution is 2.36. The van der Waals surface area contributed by atoms with Crippen LogP contribution in [0.2, 0.25) is 0 Å². The van der Waals surface area contributed by atoms with E-state index in [1.165, 1.54) is 29.2 Å². The highest BCUT2D eigenvalue weighted by atomic mass is 32.2. The first kappa shape index (κ1) is 28.4. The van der Waals surface area contributed by atoms with E-state index in [1.54, 1.807) is 19.2 Å². The van der Waals surface area contributed by atoms with Crippen LogP contribution in [0, 0.1) is 5.82 Å². The second kappa shape index (κ2) is 12.1. The molecule has 0 spiro atoms. The maximum absolute atomic E-state index is 13.1. The third kappa shape index (κ3) is 6.95. The van der Waals surface area contributed by atoms with E-state index in [0.717, 1.165) is 24.1 Å². The Kier molecular flexibility index (Phi) is 8.41. The summed E-state index contributed by atoms with van der Waals surface area (Å²) >= 11 is 0. The fraction of sp³-hybridized carbons (Fsp3) is 0.310. The fourth-order valence-electron chi connectivity index (χ4n) is 4.80. The molecule has 0 aliphatic carbocycles. The molecule has 0 unspecified atom stereocenters. The Balaban J connectivity index is 1.16. The first-order chi connectivity index (χ1) is 19.7. The molecular formula is C29H30FN3O7S. The largest absolute Gasteiger partial charge is 0.493 e. The molecular weight excluding hydrogens is 553 g/mol. The number of carbonyl (C=O) groups excluding carboxylic acids is 2. The Labute approximate surface area is 237 Å². The van der Waals surface area contributed by atoms with Crippen molar-refractivity contribution in [3.63, 3.8) is 0 Å². The van der Waals surface area contributed by atoms with Crippen LogP contribution in [0.1, 0.15) is 24.3 Å². The highest BCUT2D eigenvalue weighted by molar-refractivity contribution is 7.92. The van der Waals surface area contributed by atoms with Crippen molar-refractivity contribution >= 4 is 33.2 Å². The number of halogens is 1. The van der Waals surface area contributed by atoms with Crippen LogP contribution in [-0.4, -0.2) is 64.6 Å². The van der Waals surface area contributed by atoms with Gasteiger partial charge in [0.1, 0.15) is 11.9 Å². The van der Waals surface area contributed by atoms with Crippen LogP contribution < -0.4 is 19.5 Å². The average molecular weight is 584 g/mol. The third-order valence-electron chi connectivity index (χ3n) is 6.93. The van der Waals surface area contributed by atoms with E-state index in [9.17, 15) is 22.4 Å². The molecule has 2 amide bonds. The number of hydrogen-bond donors (Lipinski definition) is 2. The zero-order valence-corrected chi connectivity index (χ0v) is 23.2. The number of rotatable bonds is 10. The van der Waals surface area contributed by atoms with E-state index in [0.29, 0.717) is 36.9 Å². The van der Waals surface area contributed by atoms with Gasteiger partial charge < -0.3 is 24.4 Å². The second-order valence-corrected chi connectivity index (χ2v) is 11.6. The minimum Gasteiger partial charge on any atom is -0.493 e. The summed E-state index contributed by atoms with van der Waals surface area (Å²) in [6, 6.07) is 16.2. The number of nitrogens with one attached hydrogen (secondary N) is 2. The number of ether oxygens (including phenoxy) is 3. The predicted molar refractivity (Wildman–Crippen MR) is 149 cm³/mol. The number of amides is 2. The van der Waals surface area contributed by atoms with Crippen molar-refractivity contribution in [2.24, 2.45) is 0 Å². The number of nitrogens with zero attached hydrogens (tertiary/aromatic N) is 1. The lowest BCUT2D eigenvalue weighted by molar-refractivity contribution is -0.131. The Hall–Kier alpha value is -4.16. The van der Waals surface area contributed by atoms with Gasteiger partial charge in [0.25, 0.3) is 10.0 Å². The maximum Gasteiger partial charge on any atom is 0.261 e. The van der Waals surface area contributed by atoms with Gasteiger partial charge in [0.15, 0.2) is 11.5 Å². The first-order valence-corrected chi connectivity index (χ1v) is 14.6. The monoisotopic (exact) mass is 583 g/mol. The molecule has 0 radical (unpaired) electrons. The fourth-order valence-corrected chi connectivity index (χ4v) is 5.85. The quantitative estimate of drug-likeness (QED) is 0.373. The van der Waals surface area contributed by atoms with Gasteiger partial charge in [-0.3, -0.25) is 14.3 Å². The van der Waals surface area contributed by atoms with E-state index in [4.69, 9.17) is 14.2 Å². The molecule has 2 saturated heterocycles. The summed E-state index contributed by atoms with van der Waals surface area (Å²) in [5.74, 6) is 0.0711. The van der Waals surface area contributed by atoms with Crippen LogP contribution >= 0.6 is 0 Å². The molecule has 2 aliphatic rings. The lowest BCUT2D eigenvalue weighted by Gasteiger charge is -2.19. The zero-order valence-electron chi connectivity index (χ0n) is 22.3. The van der Waals surface area contributed by atoms with E-state index in [1.807, 2.05) is 18.2 Å². The third-order valence-corrected chi connectivity index (χ3v) is 8.33. The summed E-state index contributed by atoms with van der Waals surface area (Å²) in [5, 5.41) is 2.74. The molecule has 10 nitrogen and oxygen atoms in total. The topological polar surface area (TPSA) is 123 Å². The minimum atomic E-state index is -3.90. The molecule has 2 N–H and O–H groups in total. The van der Waals surface area contributed by atoms with Crippen LogP contribution in [0.4, 0.5) is 15.8 Å². The molecule has 2 atom stereocenters. The Morgan fingerprint density at radius 3 is 2.46 bits per heavy atom. The molecule has 3 aromatic carbocycles. The molecule has 216 valence electrons. The van der Waals surface area contributed by atoms with Crippen molar-refractivity contribution in [1.29, 1.82) is 0 Å². The minimum absolute atomic E-state index is 0.0476. The Bertz CT molecular complexity index is 1510. The highest BCUT2D eigenvalue weighted by Gasteiger charge is 2.32. The summed E-state index contributed by atoms with van der Waals surface area (Å²) in [6.07, 6.45) is 1.02. The molecule has 0 bridgehead atoms. The van der Waals surface area contributed by atoms with Crippen LogP contribution in [0.25, 0.3) is 0 Å². The molecule has 2 aliphatic heterocycles. The van der Waals surface area contributed by atoms with Crippen molar-refractivity contribution in [2.45, 2.75) is 29.8 Å². The van der Waals surface area contributed by atoms with Crippen LogP contribution in [0.5, 0.6) is 11.5 Å². The van der Waals surface area contributed by atoms with Crippen LogP contribution in [0.3, 0.4) is 0 Å². The van der Waals surface area contributed by atoms with Gasteiger partial charge in [0.2, 0.25) is 11.8 Å². The summed E-state index contributed by atoms with van der Waals surface area (Å²) < 4.78 is 57.4. The van der Waals surface area contributed by atoms with Crippen molar-refractivity contribution in [1.82, 2.24) is 4.90 Å². The van der Waals surface area contributed by atoms with Gasteiger partial charge in [0.05, 0.1) is 31.8 Å². The van der Waals surface area contributed by atoms with Gasteiger partial charge >= 0.3 is 0 Å². The SMILES string of the molecule is COc1ccc([C@@H]2CC(=O)N(CC(=O)Nc3ccc(NS(=O)(=O)c4ccc(F)cc4)cc3)C2)cc1O[C@@H]1CCOC1. The predicted octanol–water partition coefficient (Wildman–Crippen LogP) is 3.76. The van der Waals surface area contributed by atoms with Gasteiger partial charge in [-0.05, 0) is 66.2 Å². The Morgan fingerprint density at radius 2 is 1.78 bits per heavy atom. The van der Waals surface area contributed by atoms with Gasteiger partial charge in [-0.15, -0.1) is 0 Å². The van der Waals surface area contributed by atoms with E-state index in [-0.39, 0.29) is 47.4 Å². The molecule has 3 aromatic rings. The number of anilines is 2. The lowest BCUT2D eigenvalue weighted by atomic mass is 9.98. The number of methoxy groups -OCH3 is 1. The van der Waals surface area contributed by atoms with E-state index >= 15 is 0 Å². The number of hydrogen-bond acceptors (Lipinski definition) is 7. The van der Waals surface area contributed by atoms with Crippen molar-refractivity contribution in [2.75, 3.05) is 43.5 Å². The van der Waals surface area contributed by atoms with E-state index < -0.39 is 15.8 Å². The van der Waals surface area contributed by atoms with Gasteiger partial charge in [0, 0.05) is 36.7 Å². The Morgan fingerprint density at radius 1 is 1.05 bits per heavy atom. The molecule has 5 rings (SSSR count). The van der Waals surface area contributed by atoms with Gasteiger partial charge in [-0.25, -0.2) is 12.8 Å². The number of carbonyl (C=O) groups is 2.